The van der Waals surface area contributed by atoms with Crippen LogP contribution in [0.4, 0.5) is 4.39 Å². The molecule has 0 fully saturated rings. The third-order valence-corrected chi connectivity index (χ3v) is 5.75. The number of rotatable bonds is 6. The highest BCUT2D eigenvalue weighted by atomic mass is 32.2. The van der Waals surface area contributed by atoms with Crippen molar-refractivity contribution in [3.8, 4) is 0 Å². The van der Waals surface area contributed by atoms with Crippen LogP contribution >= 0.6 is 34.9 Å². The Hall–Kier alpha value is -0.630. The molecule has 0 radical (unpaired) electrons. The fourth-order valence-electron chi connectivity index (χ4n) is 1.78. The molecule has 1 aromatic carbocycles. The van der Waals surface area contributed by atoms with Gasteiger partial charge in [-0.25, -0.2) is 4.39 Å². The van der Waals surface area contributed by atoms with Gasteiger partial charge in [0.15, 0.2) is 8.68 Å². The zero-order valence-corrected chi connectivity index (χ0v) is 14.0. The van der Waals surface area contributed by atoms with Crippen LogP contribution in [0.1, 0.15) is 25.5 Å². The molecule has 0 aliphatic carbocycles. The number of nitrogens with zero attached hydrogens (tertiary/aromatic N) is 2. The molecule has 108 valence electrons. The first-order valence-corrected chi connectivity index (χ1v) is 9.08. The second kappa shape index (κ2) is 7.40. The van der Waals surface area contributed by atoms with Gasteiger partial charge in [0.25, 0.3) is 0 Å². The van der Waals surface area contributed by atoms with Gasteiger partial charge in [0.1, 0.15) is 5.82 Å². The minimum atomic E-state index is -0.212. The monoisotopic (exact) mass is 329 g/mol. The van der Waals surface area contributed by atoms with E-state index in [0.717, 1.165) is 25.7 Å². The number of hydrogen-bond acceptors (Lipinski definition) is 6. The first-order valence-electron chi connectivity index (χ1n) is 6.22. The zero-order chi connectivity index (χ0) is 14.5. The summed E-state index contributed by atoms with van der Waals surface area (Å²) < 4.78 is 15.3. The molecule has 0 aliphatic rings. The molecule has 0 bridgehead atoms. The highest BCUT2D eigenvalue weighted by Gasteiger charge is 2.14. The second-order valence-corrected chi connectivity index (χ2v) is 7.42. The summed E-state index contributed by atoms with van der Waals surface area (Å²) in [5.41, 5.74) is 0.956. The van der Waals surface area contributed by atoms with Crippen molar-refractivity contribution in [1.82, 2.24) is 15.5 Å². The van der Waals surface area contributed by atoms with E-state index in [2.05, 4.69) is 15.5 Å². The van der Waals surface area contributed by atoms with E-state index in [-0.39, 0.29) is 11.9 Å². The molecule has 7 heteroatoms. The van der Waals surface area contributed by atoms with E-state index < -0.39 is 0 Å². The van der Waals surface area contributed by atoms with Gasteiger partial charge in [-0.1, -0.05) is 41.8 Å². The minimum absolute atomic E-state index is 0.103. The van der Waals surface area contributed by atoms with Crippen LogP contribution < -0.4 is 5.32 Å². The average Bonchev–Trinajstić information content (AvgIpc) is 2.89. The van der Waals surface area contributed by atoms with E-state index in [1.165, 1.54) is 17.8 Å². The molecule has 1 aromatic heterocycles. The predicted octanol–water partition coefficient (Wildman–Crippen LogP) is 4.22. The maximum Gasteiger partial charge on any atom is 0.179 e. The number of nitrogens with one attached hydrogen (secondary N) is 1. The van der Waals surface area contributed by atoms with Crippen molar-refractivity contribution in [3.05, 3.63) is 29.6 Å². The number of thioether (sulfide) groups is 1. The first-order chi connectivity index (χ1) is 9.63. The number of halogens is 1. The maximum absolute atomic E-state index is 13.5. The second-order valence-electron chi connectivity index (χ2n) is 4.10. The van der Waals surface area contributed by atoms with Crippen molar-refractivity contribution >= 4 is 34.9 Å². The Balaban J connectivity index is 2.26. The van der Waals surface area contributed by atoms with E-state index in [0.29, 0.717) is 0 Å². The summed E-state index contributed by atoms with van der Waals surface area (Å²) in [4.78, 5) is 1.02. The van der Waals surface area contributed by atoms with Gasteiger partial charge in [0, 0.05) is 10.9 Å². The van der Waals surface area contributed by atoms with Crippen molar-refractivity contribution in [1.29, 1.82) is 0 Å². The van der Waals surface area contributed by atoms with Crippen molar-refractivity contribution < 1.29 is 4.39 Å². The van der Waals surface area contributed by atoms with E-state index in [1.807, 2.05) is 26.2 Å². The molecule has 0 saturated heterocycles. The Labute approximate surface area is 130 Å². The highest BCUT2D eigenvalue weighted by molar-refractivity contribution is 8.03. The normalized spacial score (nSPS) is 12.6. The molecule has 1 heterocycles. The molecular weight excluding hydrogens is 313 g/mol. The van der Waals surface area contributed by atoms with Crippen molar-refractivity contribution in [3.63, 3.8) is 0 Å². The van der Waals surface area contributed by atoms with E-state index in [9.17, 15) is 4.39 Å². The SMILES string of the molecule is CCNC(C)c1cc(F)ccc1Sc1nnc(SC)s1. The van der Waals surface area contributed by atoms with Gasteiger partial charge in [0.2, 0.25) is 0 Å². The molecule has 2 rings (SSSR count). The summed E-state index contributed by atoms with van der Waals surface area (Å²) in [5.74, 6) is -0.212. The van der Waals surface area contributed by atoms with Crippen LogP contribution in [-0.4, -0.2) is 23.0 Å². The molecule has 0 aliphatic heterocycles. The van der Waals surface area contributed by atoms with Crippen LogP contribution in [0.15, 0.2) is 31.8 Å². The van der Waals surface area contributed by atoms with Crippen molar-refractivity contribution in [2.45, 2.75) is 33.5 Å². The van der Waals surface area contributed by atoms with Gasteiger partial charge < -0.3 is 5.32 Å². The molecule has 1 unspecified atom stereocenters. The molecular formula is C13H16FN3S3. The fraction of sp³-hybridized carbons (Fsp3) is 0.385. The molecule has 20 heavy (non-hydrogen) atoms. The Morgan fingerprint density at radius 2 is 2.10 bits per heavy atom. The predicted molar refractivity (Wildman–Crippen MR) is 84.3 cm³/mol. The number of hydrogen-bond donors (Lipinski definition) is 1. The van der Waals surface area contributed by atoms with E-state index in [1.54, 1.807) is 29.2 Å². The summed E-state index contributed by atoms with van der Waals surface area (Å²) in [6.07, 6.45) is 1.98. The Morgan fingerprint density at radius 3 is 2.75 bits per heavy atom. The molecule has 0 spiro atoms. The minimum Gasteiger partial charge on any atom is -0.310 e. The third-order valence-electron chi connectivity index (χ3n) is 2.71. The van der Waals surface area contributed by atoms with Gasteiger partial charge in [0.05, 0.1) is 0 Å². The molecule has 3 nitrogen and oxygen atoms in total. The van der Waals surface area contributed by atoms with Crippen LogP contribution in [0.3, 0.4) is 0 Å². The number of aromatic nitrogens is 2. The molecule has 0 amide bonds. The fourth-order valence-corrected chi connectivity index (χ4v) is 4.38. The molecule has 1 atom stereocenters. The van der Waals surface area contributed by atoms with Crippen LogP contribution in [0, 0.1) is 5.82 Å². The van der Waals surface area contributed by atoms with Gasteiger partial charge in [-0.3, -0.25) is 0 Å². The standard InChI is InChI=1S/C13H16FN3S3/c1-4-15-8(2)10-7-9(14)5-6-11(10)19-13-17-16-12(18-3)20-13/h5-8,15H,4H2,1-3H3. The summed E-state index contributed by atoms with van der Waals surface area (Å²) in [5, 5.41) is 11.5. The van der Waals surface area contributed by atoms with Crippen LogP contribution in [0.5, 0.6) is 0 Å². The van der Waals surface area contributed by atoms with Gasteiger partial charge >= 0.3 is 0 Å². The lowest BCUT2D eigenvalue weighted by Gasteiger charge is -2.16. The van der Waals surface area contributed by atoms with Crippen LogP contribution in [0.25, 0.3) is 0 Å². The van der Waals surface area contributed by atoms with Gasteiger partial charge in [-0.15, -0.1) is 10.2 Å². The van der Waals surface area contributed by atoms with Crippen molar-refractivity contribution in [2.75, 3.05) is 12.8 Å². The Kier molecular flexibility index (Phi) is 5.83. The molecule has 2 aromatic rings. The summed E-state index contributed by atoms with van der Waals surface area (Å²) in [6.45, 7) is 4.92. The zero-order valence-electron chi connectivity index (χ0n) is 11.5. The summed E-state index contributed by atoms with van der Waals surface area (Å²) >= 11 is 4.67. The summed E-state index contributed by atoms with van der Waals surface area (Å²) in [7, 11) is 0. The van der Waals surface area contributed by atoms with E-state index >= 15 is 0 Å². The van der Waals surface area contributed by atoms with Gasteiger partial charge in [-0.05, 0) is 43.5 Å². The Bertz CT molecular complexity index is 574. The largest absolute Gasteiger partial charge is 0.310 e. The molecule has 0 saturated carbocycles. The van der Waals surface area contributed by atoms with Crippen LogP contribution in [0.2, 0.25) is 0 Å². The maximum atomic E-state index is 13.5. The third kappa shape index (κ3) is 3.94. The Morgan fingerprint density at radius 1 is 1.35 bits per heavy atom. The first kappa shape index (κ1) is 15.8. The lowest BCUT2D eigenvalue weighted by molar-refractivity contribution is 0.574. The lowest BCUT2D eigenvalue weighted by atomic mass is 10.1. The lowest BCUT2D eigenvalue weighted by Crippen LogP contribution is -2.18. The van der Waals surface area contributed by atoms with Gasteiger partial charge in [-0.2, -0.15) is 0 Å². The van der Waals surface area contributed by atoms with Crippen molar-refractivity contribution in [2.24, 2.45) is 0 Å². The summed E-state index contributed by atoms with van der Waals surface area (Å²) in [6, 6.07) is 4.99. The van der Waals surface area contributed by atoms with Crippen LogP contribution in [-0.2, 0) is 0 Å². The average molecular weight is 329 g/mol. The number of benzene rings is 1. The molecule has 1 N–H and O–H groups in total. The van der Waals surface area contributed by atoms with E-state index in [4.69, 9.17) is 0 Å². The quantitative estimate of drug-likeness (QED) is 0.803. The smallest absolute Gasteiger partial charge is 0.179 e. The highest BCUT2D eigenvalue weighted by Crippen LogP contribution is 2.36. The topological polar surface area (TPSA) is 37.8 Å².